The van der Waals surface area contributed by atoms with E-state index in [1.165, 1.54) is 44.9 Å². The van der Waals surface area contributed by atoms with Gasteiger partial charge in [-0.05, 0) is 6.42 Å². The molecule has 0 rings (SSSR count). The highest BCUT2D eigenvalue weighted by Gasteiger charge is 2.09. The number of unbranched alkanes of at least 4 members (excludes halogenated alkanes) is 9. The maximum Gasteiger partial charge on any atom is 0.152 e. The smallest absolute Gasteiger partial charge is 0.152 e. The predicted octanol–water partition coefficient (Wildman–Crippen LogP) is 3.33. The largest absolute Gasteiger partial charge is 0.394 e. The average molecular weight is 323 g/mol. The molecule has 0 aromatic carbocycles. The van der Waals surface area contributed by atoms with Crippen molar-refractivity contribution in [3.8, 4) is 0 Å². The number of aliphatic hydroxyl groups is 1. The minimum atomic E-state index is -2.98. The van der Waals surface area contributed by atoms with Crippen LogP contribution in [0.25, 0.3) is 0 Å². The van der Waals surface area contributed by atoms with Gasteiger partial charge in [-0.1, -0.05) is 64.7 Å². The van der Waals surface area contributed by atoms with Crippen LogP contribution in [0.3, 0.4) is 0 Å². The first-order valence-corrected chi connectivity index (χ1v) is 10.3. The fourth-order valence-electron chi connectivity index (χ4n) is 2.26. The van der Waals surface area contributed by atoms with Crippen molar-refractivity contribution >= 4 is 9.84 Å². The van der Waals surface area contributed by atoms with Crippen molar-refractivity contribution in [3.63, 3.8) is 0 Å². The average Bonchev–Trinajstić information content (AvgIpc) is 2.45. The minimum absolute atomic E-state index is 0.0571. The van der Waals surface area contributed by atoms with E-state index in [0.717, 1.165) is 19.3 Å². The van der Waals surface area contributed by atoms with Crippen LogP contribution in [0.5, 0.6) is 0 Å². The second-order valence-corrected chi connectivity index (χ2v) is 7.97. The molecule has 0 aromatic rings. The molecule has 5 heteroatoms. The number of ether oxygens (including phenoxy) is 1. The van der Waals surface area contributed by atoms with E-state index in [1.807, 2.05) is 0 Å². The van der Waals surface area contributed by atoms with Gasteiger partial charge in [0, 0.05) is 0 Å². The Morgan fingerprint density at radius 1 is 0.762 bits per heavy atom. The van der Waals surface area contributed by atoms with Crippen LogP contribution in [-0.4, -0.2) is 44.9 Å². The van der Waals surface area contributed by atoms with E-state index in [0.29, 0.717) is 0 Å². The van der Waals surface area contributed by atoms with Gasteiger partial charge in [0.15, 0.2) is 9.84 Å². The highest BCUT2D eigenvalue weighted by molar-refractivity contribution is 7.91. The highest BCUT2D eigenvalue weighted by Crippen LogP contribution is 2.11. The first kappa shape index (κ1) is 20.9. The first-order chi connectivity index (χ1) is 10.1. The van der Waals surface area contributed by atoms with Crippen molar-refractivity contribution in [1.82, 2.24) is 0 Å². The van der Waals surface area contributed by atoms with Crippen LogP contribution >= 0.6 is 0 Å². The zero-order valence-corrected chi connectivity index (χ0v) is 14.5. The number of hydrogen-bond donors (Lipinski definition) is 1. The van der Waals surface area contributed by atoms with Crippen LogP contribution < -0.4 is 0 Å². The molecule has 21 heavy (non-hydrogen) atoms. The zero-order valence-electron chi connectivity index (χ0n) is 13.7. The van der Waals surface area contributed by atoms with Gasteiger partial charge in [-0.25, -0.2) is 8.42 Å². The van der Waals surface area contributed by atoms with E-state index in [2.05, 4.69) is 6.92 Å². The van der Waals surface area contributed by atoms with Gasteiger partial charge in [0.1, 0.15) is 0 Å². The summed E-state index contributed by atoms with van der Waals surface area (Å²) in [4.78, 5) is 0. The van der Waals surface area contributed by atoms with E-state index < -0.39 is 9.84 Å². The minimum Gasteiger partial charge on any atom is -0.394 e. The molecule has 0 aliphatic heterocycles. The van der Waals surface area contributed by atoms with Crippen molar-refractivity contribution in [2.75, 3.05) is 31.3 Å². The lowest BCUT2D eigenvalue weighted by molar-refractivity contribution is 0.103. The molecule has 0 aliphatic rings. The summed E-state index contributed by atoms with van der Waals surface area (Å²) in [5.74, 6) is 0.344. The molecule has 0 radical (unpaired) electrons. The topological polar surface area (TPSA) is 63.6 Å². The number of hydrogen-bond acceptors (Lipinski definition) is 4. The molecule has 0 atom stereocenters. The van der Waals surface area contributed by atoms with Crippen molar-refractivity contribution in [3.05, 3.63) is 0 Å². The molecule has 128 valence electrons. The van der Waals surface area contributed by atoms with E-state index >= 15 is 0 Å². The van der Waals surface area contributed by atoms with Gasteiger partial charge >= 0.3 is 0 Å². The van der Waals surface area contributed by atoms with Gasteiger partial charge in [0.25, 0.3) is 0 Å². The molecule has 0 amide bonds. The predicted molar refractivity (Wildman–Crippen MR) is 88.4 cm³/mol. The number of aliphatic hydroxyl groups excluding tert-OH is 1. The van der Waals surface area contributed by atoms with Gasteiger partial charge < -0.3 is 9.84 Å². The maximum atomic E-state index is 11.7. The maximum absolute atomic E-state index is 11.7. The molecule has 0 unspecified atom stereocenters. The lowest BCUT2D eigenvalue weighted by atomic mass is 10.1. The molecule has 0 fully saturated rings. The molecule has 0 spiro atoms. The molecule has 4 nitrogen and oxygen atoms in total. The van der Waals surface area contributed by atoms with Crippen molar-refractivity contribution < 1.29 is 18.3 Å². The fourth-order valence-corrected chi connectivity index (χ4v) is 3.48. The fraction of sp³-hybridized carbons (Fsp3) is 1.00. The van der Waals surface area contributed by atoms with E-state index in [4.69, 9.17) is 9.84 Å². The lowest BCUT2D eigenvalue weighted by Crippen LogP contribution is -2.16. The Labute approximate surface area is 131 Å². The summed E-state index contributed by atoms with van der Waals surface area (Å²) in [6.07, 6.45) is 12.1. The number of rotatable bonds is 16. The Hall–Kier alpha value is -0.130. The van der Waals surface area contributed by atoms with Gasteiger partial charge in [-0.2, -0.15) is 0 Å². The number of sulfone groups is 1. The first-order valence-electron chi connectivity index (χ1n) is 8.51. The van der Waals surface area contributed by atoms with E-state index in [1.54, 1.807) is 0 Å². The quantitative estimate of drug-likeness (QED) is 0.443. The third-order valence-electron chi connectivity index (χ3n) is 3.58. The van der Waals surface area contributed by atoms with Crippen LogP contribution in [-0.2, 0) is 14.6 Å². The second-order valence-electron chi connectivity index (χ2n) is 5.67. The van der Waals surface area contributed by atoms with Gasteiger partial charge in [-0.15, -0.1) is 0 Å². The standard InChI is InChI=1S/C16H34O4S/c1-2-3-4-5-6-7-8-9-10-11-15-21(18,19)16-14-20-13-12-17/h17H,2-16H2,1H3. The summed E-state index contributed by atoms with van der Waals surface area (Å²) in [6, 6.07) is 0. The Morgan fingerprint density at radius 2 is 1.29 bits per heavy atom. The third kappa shape index (κ3) is 16.1. The Morgan fingerprint density at radius 3 is 1.81 bits per heavy atom. The van der Waals surface area contributed by atoms with E-state index in [-0.39, 0.29) is 31.3 Å². The Kier molecular flexibility index (Phi) is 14.7. The summed E-state index contributed by atoms with van der Waals surface area (Å²) < 4.78 is 28.4. The molecule has 0 saturated carbocycles. The van der Waals surface area contributed by atoms with Crippen molar-refractivity contribution in [1.29, 1.82) is 0 Å². The summed E-state index contributed by atoms with van der Waals surface area (Å²) >= 11 is 0. The molecule has 0 saturated heterocycles. The molecular weight excluding hydrogens is 288 g/mol. The van der Waals surface area contributed by atoms with Crippen molar-refractivity contribution in [2.45, 2.75) is 71.1 Å². The molecular formula is C16H34O4S. The molecule has 1 N–H and O–H groups in total. The van der Waals surface area contributed by atoms with Crippen LogP contribution in [0.4, 0.5) is 0 Å². The van der Waals surface area contributed by atoms with E-state index in [9.17, 15) is 8.42 Å². The normalized spacial score (nSPS) is 11.9. The monoisotopic (exact) mass is 322 g/mol. The summed E-state index contributed by atoms with van der Waals surface area (Å²) in [5.41, 5.74) is 0. The highest BCUT2D eigenvalue weighted by atomic mass is 32.2. The van der Waals surface area contributed by atoms with Gasteiger partial charge in [0.05, 0.1) is 31.3 Å². The van der Waals surface area contributed by atoms with Crippen LogP contribution in [0.15, 0.2) is 0 Å². The molecule has 0 aliphatic carbocycles. The van der Waals surface area contributed by atoms with Crippen LogP contribution in [0, 0.1) is 0 Å². The van der Waals surface area contributed by atoms with Crippen molar-refractivity contribution in [2.24, 2.45) is 0 Å². The molecule has 0 heterocycles. The SMILES string of the molecule is CCCCCCCCCCCCS(=O)(=O)CCOCCO. The molecule has 0 bridgehead atoms. The van der Waals surface area contributed by atoms with Gasteiger partial charge in [0.2, 0.25) is 0 Å². The Balaban J connectivity index is 3.32. The van der Waals surface area contributed by atoms with Crippen LogP contribution in [0.2, 0.25) is 0 Å². The second kappa shape index (κ2) is 14.8. The summed E-state index contributed by atoms with van der Waals surface area (Å²) in [6.45, 7) is 2.58. The lowest BCUT2D eigenvalue weighted by Gasteiger charge is -2.05. The van der Waals surface area contributed by atoms with Gasteiger partial charge in [-0.3, -0.25) is 0 Å². The molecule has 0 aromatic heterocycles. The Bertz CT molecular complexity index is 301. The van der Waals surface area contributed by atoms with Crippen LogP contribution in [0.1, 0.15) is 71.1 Å². The summed E-state index contributed by atoms with van der Waals surface area (Å²) in [5, 5.41) is 8.53. The summed E-state index contributed by atoms with van der Waals surface area (Å²) in [7, 11) is -2.98. The zero-order chi connectivity index (χ0) is 15.8. The third-order valence-corrected chi connectivity index (χ3v) is 5.28.